The summed E-state index contributed by atoms with van der Waals surface area (Å²) in [6, 6.07) is 16.1. The van der Waals surface area contributed by atoms with Gasteiger partial charge in [-0.15, -0.1) is 0 Å². The molecular weight excluding hydrogens is 222 g/mol. The highest BCUT2D eigenvalue weighted by Crippen LogP contribution is 2.28. The van der Waals surface area contributed by atoms with E-state index in [-0.39, 0.29) is 0 Å². The van der Waals surface area contributed by atoms with E-state index in [1.165, 1.54) is 0 Å². The molecule has 0 atom stereocenters. The molecular formula is C16H15NO. The Hall–Kier alpha value is -1.93. The monoisotopic (exact) mass is 237 g/mol. The van der Waals surface area contributed by atoms with E-state index in [0.717, 1.165) is 27.4 Å². The summed E-state index contributed by atoms with van der Waals surface area (Å²) < 4.78 is 0. The molecule has 0 fully saturated rings. The Kier molecular flexibility index (Phi) is 2.35. The fourth-order valence-corrected chi connectivity index (χ4v) is 2.30. The van der Waals surface area contributed by atoms with Gasteiger partial charge in [-0.3, -0.25) is 0 Å². The summed E-state index contributed by atoms with van der Waals surface area (Å²) in [4.78, 5) is 4.68. The summed E-state index contributed by atoms with van der Waals surface area (Å²) in [7, 11) is 0. The van der Waals surface area contributed by atoms with Crippen LogP contribution in [0.2, 0.25) is 0 Å². The number of rotatable bonds is 1. The van der Waals surface area contributed by atoms with E-state index >= 15 is 0 Å². The molecule has 2 aromatic carbocycles. The molecule has 18 heavy (non-hydrogen) atoms. The predicted molar refractivity (Wildman–Crippen MR) is 74.5 cm³/mol. The van der Waals surface area contributed by atoms with Crippen molar-refractivity contribution in [1.82, 2.24) is 4.98 Å². The SMILES string of the molecule is CC(C)(O)c1cccc2cc3ccccc3nc12. The Morgan fingerprint density at radius 2 is 1.67 bits per heavy atom. The molecule has 0 saturated heterocycles. The fourth-order valence-electron chi connectivity index (χ4n) is 2.30. The van der Waals surface area contributed by atoms with Crippen molar-refractivity contribution in [2.45, 2.75) is 19.4 Å². The van der Waals surface area contributed by atoms with Crippen LogP contribution in [0.1, 0.15) is 19.4 Å². The van der Waals surface area contributed by atoms with Crippen LogP contribution in [-0.4, -0.2) is 10.1 Å². The first-order valence-corrected chi connectivity index (χ1v) is 6.07. The Morgan fingerprint density at radius 3 is 2.44 bits per heavy atom. The first-order chi connectivity index (χ1) is 8.55. The van der Waals surface area contributed by atoms with Crippen LogP contribution in [0.3, 0.4) is 0 Å². The second-order valence-corrected chi connectivity index (χ2v) is 5.12. The van der Waals surface area contributed by atoms with Crippen molar-refractivity contribution in [3.05, 3.63) is 54.1 Å². The lowest BCUT2D eigenvalue weighted by Crippen LogP contribution is -2.16. The summed E-state index contributed by atoms with van der Waals surface area (Å²) in [5.41, 5.74) is 1.82. The third-order valence-electron chi connectivity index (χ3n) is 3.21. The minimum absolute atomic E-state index is 0.866. The highest BCUT2D eigenvalue weighted by molar-refractivity contribution is 5.94. The van der Waals surface area contributed by atoms with E-state index in [1.54, 1.807) is 13.8 Å². The van der Waals surface area contributed by atoms with Gasteiger partial charge < -0.3 is 5.11 Å². The molecule has 2 heteroatoms. The maximum absolute atomic E-state index is 10.2. The van der Waals surface area contributed by atoms with Crippen LogP contribution in [0.5, 0.6) is 0 Å². The van der Waals surface area contributed by atoms with Crippen molar-refractivity contribution < 1.29 is 5.11 Å². The van der Waals surface area contributed by atoms with Gasteiger partial charge in [-0.05, 0) is 26.0 Å². The Balaban J connectivity index is 2.44. The van der Waals surface area contributed by atoms with Gasteiger partial charge in [0, 0.05) is 16.3 Å². The summed E-state index contributed by atoms with van der Waals surface area (Å²) in [6.07, 6.45) is 0. The molecule has 0 aliphatic carbocycles. The van der Waals surface area contributed by atoms with E-state index in [0.29, 0.717) is 0 Å². The third-order valence-corrected chi connectivity index (χ3v) is 3.21. The van der Waals surface area contributed by atoms with Crippen LogP contribution >= 0.6 is 0 Å². The molecule has 0 aliphatic heterocycles. The summed E-state index contributed by atoms with van der Waals surface area (Å²) >= 11 is 0. The number of pyridine rings is 1. The van der Waals surface area contributed by atoms with E-state index < -0.39 is 5.60 Å². The van der Waals surface area contributed by atoms with Gasteiger partial charge in [0.25, 0.3) is 0 Å². The molecule has 0 amide bonds. The minimum atomic E-state index is -0.880. The molecule has 1 heterocycles. The molecule has 1 N–H and O–H groups in total. The largest absolute Gasteiger partial charge is 0.386 e. The van der Waals surface area contributed by atoms with Gasteiger partial charge in [0.05, 0.1) is 16.6 Å². The molecule has 90 valence electrons. The first kappa shape index (κ1) is 11.2. The molecule has 3 aromatic rings. The van der Waals surface area contributed by atoms with Crippen molar-refractivity contribution in [2.75, 3.05) is 0 Å². The molecule has 2 nitrogen and oxygen atoms in total. The van der Waals surface area contributed by atoms with Crippen LogP contribution in [-0.2, 0) is 5.60 Å². The standard InChI is InChI=1S/C16H15NO/c1-16(2,18)13-8-5-7-12-10-11-6-3-4-9-14(11)17-15(12)13/h3-10,18H,1-2H3. The Labute approximate surface area is 106 Å². The molecule has 0 unspecified atom stereocenters. The number of hydrogen-bond acceptors (Lipinski definition) is 2. The fraction of sp³-hybridized carbons (Fsp3) is 0.188. The van der Waals surface area contributed by atoms with Gasteiger partial charge in [-0.2, -0.15) is 0 Å². The second-order valence-electron chi connectivity index (χ2n) is 5.12. The number of fused-ring (bicyclic) bond motifs is 2. The second kappa shape index (κ2) is 3.79. The maximum Gasteiger partial charge on any atom is 0.0861 e. The summed E-state index contributed by atoms with van der Waals surface area (Å²) in [6.45, 7) is 3.58. The van der Waals surface area contributed by atoms with Crippen LogP contribution in [0, 0.1) is 0 Å². The van der Waals surface area contributed by atoms with Crippen LogP contribution < -0.4 is 0 Å². The maximum atomic E-state index is 10.2. The van der Waals surface area contributed by atoms with Gasteiger partial charge in [0.15, 0.2) is 0 Å². The number of nitrogens with zero attached hydrogens (tertiary/aromatic N) is 1. The number of hydrogen-bond donors (Lipinski definition) is 1. The molecule has 0 saturated carbocycles. The summed E-state index contributed by atoms with van der Waals surface area (Å²) in [5.74, 6) is 0. The Bertz CT molecular complexity index is 726. The van der Waals surface area contributed by atoms with Crippen molar-refractivity contribution in [1.29, 1.82) is 0 Å². The quantitative estimate of drug-likeness (QED) is 0.656. The van der Waals surface area contributed by atoms with Crippen molar-refractivity contribution in [2.24, 2.45) is 0 Å². The van der Waals surface area contributed by atoms with E-state index in [1.807, 2.05) is 36.4 Å². The van der Waals surface area contributed by atoms with E-state index in [4.69, 9.17) is 0 Å². The Morgan fingerprint density at radius 1 is 0.944 bits per heavy atom. The van der Waals surface area contributed by atoms with Gasteiger partial charge in [0.2, 0.25) is 0 Å². The van der Waals surface area contributed by atoms with Gasteiger partial charge in [-0.1, -0.05) is 36.4 Å². The van der Waals surface area contributed by atoms with Gasteiger partial charge in [0.1, 0.15) is 0 Å². The molecule has 0 spiro atoms. The zero-order chi connectivity index (χ0) is 12.8. The minimum Gasteiger partial charge on any atom is -0.386 e. The lowest BCUT2D eigenvalue weighted by atomic mass is 9.95. The number of aromatic nitrogens is 1. The van der Waals surface area contributed by atoms with E-state index in [9.17, 15) is 5.11 Å². The van der Waals surface area contributed by atoms with Crippen LogP contribution in [0.25, 0.3) is 21.8 Å². The number of aliphatic hydroxyl groups is 1. The smallest absolute Gasteiger partial charge is 0.0861 e. The highest BCUT2D eigenvalue weighted by atomic mass is 16.3. The van der Waals surface area contributed by atoms with Crippen LogP contribution in [0.15, 0.2) is 48.5 Å². The topological polar surface area (TPSA) is 33.1 Å². The van der Waals surface area contributed by atoms with Crippen molar-refractivity contribution >= 4 is 21.8 Å². The van der Waals surface area contributed by atoms with Gasteiger partial charge in [-0.25, -0.2) is 4.98 Å². The third kappa shape index (κ3) is 1.75. The average molecular weight is 237 g/mol. The highest BCUT2D eigenvalue weighted by Gasteiger charge is 2.19. The molecule has 0 radical (unpaired) electrons. The zero-order valence-electron chi connectivity index (χ0n) is 10.5. The average Bonchev–Trinajstić information content (AvgIpc) is 2.34. The van der Waals surface area contributed by atoms with Crippen LogP contribution in [0.4, 0.5) is 0 Å². The first-order valence-electron chi connectivity index (χ1n) is 6.07. The number of benzene rings is 2. The molecule has 3 rings (SSSR count). The lowest BCUT2D eigenvalue weighted by molar-refractivity contribution is 0.0800. The number of para-hydroxylation sites is 2. The predicted octanol–water partition coefficient (Wildman–Crippen LogP) is 3.62. The molecule has 0 bridgehead atoms. The summed E-state index contributed by atoms with van der Waals surface area (Å²) in [5, 5.41) is 12.4. The van der Waals surface area contributed by atoms with E-state index in [2.05, 4.69) is 17.1 Å². The lowest BCUT2D eigenvalue weighted by Gasteiger charge is -2.19. The van der Waals surface area contributed by atoms with Crippen molar-refractivity contribution in [3.63, 3.8) is 0 Å². The van der Waals surface area contributed by atoms with Crippen molar-refractivity contribution in [3.8, 4) is 0 Å². The molecule has 0 aliphatic rings. The van der Waals surface area contributed by atoms with Gasteiger partial charge >= 0.3 is 0 Å². The normalized spacial score (nSPS) is 12.2. The zero-order valence-corrected chi connectivity index (χ0v) is 10.5. The molecule has 1 aromatic heterocycles.